The molecule has 102 valence electrons. The van der Waals surface area contributed by atoms with Crippen LogP contribution in [0.15, 0.2) is 48.5 Å². The van der Waals surface area contributed by atoms with Gasteiger partial charge in [0.1, 0.15) is 5.82 Å². The maximum atomic E-state index is 5.70. The lowest BCUT2D eigenvalue weighted by Gasteiger charge is -2.11. The molecule has 2 N–H and O–H groups in total. The molecular formula is C17H19N3. The third-order valence-electron chi connectivity index (χ3n) is 3.90. The maximum absolute atomic E-state index is 5.70. The van der Waals surface area contributed by atoms with E-state index in [0.717, 1.165) is 22.4 Å². The van der Waals surface area contributed by atoms with E-state index in [2.05, 4.69) is 61.0 Å². The van der Waals surface area contributed by atoms with Crippen LogP contribution >= 0.6 is 0 Å². The third kappa shape index (κ3) is 2.10. The Kier molecular flexibility index (Phi) is 3.28. The number of nitrogens with two attached hydrogens (primary N) is 1. The number of aromatic nitrogens is 2. The van der Waals surface area contributed by atoms with Crippen LogP contribution in [0.4, 0.5) is 0 Å². The highest BCUT2D eigenvalue weighted by molar-refractivity contribution is 5.77. The average Bonchev–Trinajstić information content (AvgIpc) is 2.84. The Morgan fingerprint density at radius 2 is 1.90 bits per heavy atom. The first-order valence-electron chi connectivity index (χ1n) is 6.91. The fraction of sp³-hybridized carbons (Fsp3) is 0.235. The third-order valence-corrected chi connectivity index (χ3v) is 3.90. The van der Waals surface area contributed by atoms with E-state index in [1.165, 1.54) is 5.56 Å². The van der Waals surface area contributed by atoms with Gasteiger partial charge in [0.05, 0.1) is 11.0 Å². The average molecular weight is 265 g/mol. The Morgan fingerprint density at radius 1 is 1.15 bits per heavy atom. The van der Waals surface area contributed by atoms with Crippen molar-refractivity contribution in [1.82, 2.24) is 9.55 Å². The summed E-state index contributed by atoms with van der Waals surface area (Å²) in [6.45, 7) is 2.75. The highest BCUT2D eigenvalue weighted by Crippen LogP contribution is 2.26. The molecule has 0 radical (unpaired) electrons. The Labute approximate surface area is 119 Å². The molecule has 3 rings (SSSR count). The molecule has 1 atom stereocenters. The summed E-state index contributed by atoms with van der Waals surface area (Å²) in [5.74, 6) is 1.36. The molecule has 0 saturated heterocycles. The molecule has 0 aliphatic heterocycles. The van der Waals surface area contributed by atoms with Crippen molar-refractivity contribution in [3.63, 3.8) is 0 Å². The normalized spacial score (nSPS) is 12.8. The lowest BCUT2D eigenvalue weighted by atomic mass is 10.0. The number of hydrogen-bond acceptors (Lipinski definition) is 2. The Balaban J connectivity index is 2.10. The van der Waals surface area contributed by atoms with Gasteiger partial charge in [-0.15, -0.1) is 0 Å². The molecule has 20 heavy (non-hydrogen) atoms. The van der Waals surface area contributed by atoms with Crippen LogP contribution in [0.2, 0.25) is 0 Å². The molecule has 2 aromatic carbocycles. The first kappa shape index (κ1) is 12.9. The SMILES string of the molecule is CC(c1ccccc1)c1nc2cc(CN)ccc2n1C. The van der Waals surface area contributed by atoms with E-state index < -0.39 is 0 Å². The van der Waals surface area contributed by atoms with Crippen LogP contribution in [0.5, 0.6) is 0 Å². The minimum Gasteiger partial charge on any atom is -0.331 e. The minimum atomic E-state index is 0.273. The van der Waals surface area contributed by atoms with Gasteiger partial charge in [-0.2, -0.15) is 0 Å². The standard InChI is InChI=1S/C17H19N3/c1-12(14-6-4-3-5-7-14)17-19-15-10-13(11-18)8-9-16(15)20(17)2/h3-10,12H,11,18H2,1-2H3. The van der Waals surface area contributed by atoms with Crippen LogP contribution in [0.1, 0.15) is 29.8 Å². The number of hydrogen-bond donors (Lipinski definition) is 1. The maximum Gasteiger partial charge on any atom is 0.116 e. The summed E-state index contributed by atoms with van der Waals surface area (Å²) in [5, 5.41) is 0. The zero-order valence-corrected chi connectivity index (χ0v) is 11.9. The quantitative estimate of drug-likeness (QED) is 0.790. The molecule has 0 aliphatic carbocycles. The molecule has 0 spiro atoms. The summed E-state index contributed by atoms with van der Waals surface area (Å²) in [7, 11) is 2.08. The van der Waals surface area contributed by atoms with E-state index in [4.69, 9.17) is 10.7 Å². The molecule has 0 saturated carbocycles. The van der Waals surface area contributed by atoms with Crippen LogP contribution in [0, 0.1) is 0 Å². The lowest BCUT2D eigenvalue weighted by Crippen LogP contribution is -2.04. The van der Waals surface area contributed by atoms with Gasteiger partial charge in [-0.3, -0.25) is 0 Å². The molecule has 3 heteroatoms. The van der Waals surface area contributed by atoms with Gasteiger partial charge in [-0.1, -0.05) is 43.3 Å². The van der Waals surface area contributed by atoms with Crippen molar-refractivity contribution in [3.8, 4) is 0 Å². The van der Waals surface area contributed by atoms with Crippen molar-refractivity contribution in [2.24, 2.45) is 12.8 Å². The van der Waals surface area contributed by atoms with Crippen molar-refractivity contribution < 1.29 is 0 Å². The molecule has 0 aliphatic rings. The largest absolute Gasteiger partial charge is 0.331 e. The second kappa shape index (κ2) is 5.10. The summed E-state index contributed by atoms with van der Waals surface area (Å²) in [6.07, 6.45) is 0. The van der Waals surface area contributed by atoms with E-state index in [9.17, 15) is 0 Å². The van der Waals surface area contributed by atoms with Crippen molar-refractivity contribution in [1.29, 1.82) is 0 Å². The molecule has 1 aromatic heterocycles. The van der Waals surface area contributed by atoms with Crippen LogP contribution in [0.25, 0.3) is 11.0 Å². The van der Waals surface area contributed by atoms with Gasteiger partial charge in [0, 0.05) is 19.5 Å². The fourth-order valence-electron chi connectivity index (χ4n) is 2.67. The predicted octanol–water partition coefficient (Wildman–Crippen LogP) is 3.18. The molecular weight excluding hydrogens is 246 g/mol. The number of benzene rings is 2. The number of nitrogens with zero attached hydrogens (tertiary/aromatic N) is 2. The second-order valence-electron chi connectivity index (χ2n) is 5.19. The van der Waals surface area contributed by atoms with Crippen molar-refractivity contribution in [2.75, 3.05) is 0 Å². The monoisotopic (exact) mass is 265 g/mol. The summed E-state index contributed by atoms with van der Waals surface area (Å²) < 4.78 is 2.17. The molecule has 1 unspecified atom stereocenters. The van der Waals surface area contributed by atoms with Gasteiger partial charge in [0.25, 0.3) is 0 Å². The van der Waals surface area contributed by atoms with Gasteiger partial charge in [-0.05, 0) is 23.3 Å². The highest BCUT2D eigenvalue weighted by Gasteiger charge is 2.16. The minimum absolute atomic E-state index is 0.273. The summed E-state index contributed by atoms with van der Waals surface area (Å²) in [5.41, 5.74) is 10.3. The summed E-state index contributed by atoms with van der Waals surface area (Å²) >= 11 is 0. The van der Waals surface area contributed by atoms with Crippen molar-refractivity contribution >= 4 is 11.0 Å². The first-order valence-corrected chi connectivity index (χ1v) is 6.91. The van der Waals surface area contributed by atoms with Crippen LogP contribution in [0.3, 0.4) is 0 Å². The zero-order chi connectivity index (χ0) is 14.1. The number of rotatable bonds is 3. The predicted molar refractivity (Wildman–Crippen MR) is 82.6 cm³/mol. The topological polar surface area (TPSA) is 43.8 Å². The second-order valence-corrected chi connectivity index (χ2v) is 5.19. The Bertz CT molecular complexity index is 729. The van der Waals surface area contributed by atoms with E-state index in [1.807, 2.05) is 6.07 Å². The van der Waals surface area contributed by atoms with Gasteiger partial charge in [0.2, 0.25) is 0 Å². The summed E-state index contributed by atoms with van der Waals surface area (Å²) in [4.78, 5) is 4.80. The van der Waals surface area contributed by atoms with Gasteiger partial charge >= 0.3 is 0 Å². The molecule has 0 bridgehead atoms. The van der Waals surface area contributed by atoms with E-state index in [0.29, 0.717) is 6.54 Å². The van der Waals surface area contributed by atoms with Crippen molar-refractivity contribution in [2.45, 2.75) is 19.4 Å². The lowest BCUT2D eigenvalue weighted by molar-refractivity contribution is 0.753. The van der Waals surface area contributed by atoms with Crippen LogP contribution in [-0.4, -0.2) is 9.55 Å². The van der Waals surface area contributed by atoms with Gasteiger partial charge < -0.3 is 10.3 Å². The molecule has 0 amide bonds. The van der Waals surface area contributed by atoms with Crippen LogP contribution in [-0.2, 0) is 13.6 Å². The van der Waals surface area contributed by atoms with Crippen LogP contribution < -0.4 is 5.73 Å². The Morgan fingerprint density at radius 3 is 2.60 bits per heavy atom. The zero-order valence-electron chi connectivity index (χ0n) is 11.9. The molecule has 3 aromatic rings. The van der Waals surface area contributed by atoms with Gasteiger partial charge in [-0.25, -0.2) is 4.98 Å². The summed E-state index contributed by atoms with van der Waals surface area (Å²) in [6, 6.07) is 16.7. The van der Waals surface area contributed by atoms with Crippen molar-refractivity contribution in [3.05, 3.63) is 65.5 Å². The molecule has 3 nitrogen and oxygen atoms in total. The Hall–Kier alpha value is -2.13. The van der Waals surface area contributed by atoms with E-state index in [-0.39, 0.29) is 5.92 Å². The van der Waals surface area contributed by atoms with Gasteiger partial charge in [0.15, 0.2) is 0 Å². The number of imidazole rings is 1. The molecule has 1 heterocycles. The number of aryl methyl sites for hydroxylation is 1. The fourth-order valence-corrected chi connectivity index (χ4v) is 2.67. The highest BCUT2D eigenvalue weighted by atomic mass is 15.1. The van der Waals surface area contributed by atoms with E-state index in [1.54, 1.807) is 0 Å². The first-order chi connectivity index (χ1) is 9.70. The number of fused-ring (bicyclic) bond motifs is 1. The molecule has 0 fully saturated rings. The smallest absolute Gasteiger partial charge is 0.116 e. The van der Waals surface area contributed by atoms with E-state index >= 15 is 0 Å².